The van der Waals surface area contributed by atoms with Crippen molar-refractivity contribution in [2.45, 2.75) is 110 Å². The highest BCUT2D eigenvalue weighted by Crippen LogP contribution is 2.13. The Morgan fingerprint density at radius 3 is 1.83 bits per heavy atom. The van der Waals surface area contributed by atoms with Crippen LogP contribution in [0.4, 0.5) is 0 Å². The second-order valence-electron chi connectivity index (χ2n) is 7.75. The number of hydrogen-bond acceptors (Lipinski definition) is 2. The smallest absolute Gasteiger partial charge is 0.0678 e. The van der Waals surface area contributed by atoms with E-state index in [0.717, 1.165) is 13.1 Å². The lowest BCUT2D eigenvalue weighted by Crippen LogP contribution is -2.45. The van der Waals surface area contributed by atoms with Crippen LogP contribution >= 0.6 is 0 Å². The van der Waals surface area contributed by atoms with Gasteiger partial charge in [-0.25, -0.2) is 0 Å². The molecule has 0 radical (unpaired) electrons. The zero-order chi connectivity index (χ0) is 17.5. The van der Waals surface area contributed by atoms with Gasteiger partial charge >= 0.3 is 0 Å². The lowest BCUT2D eigenvalue weighted by atomic mass is 10.1. The zero-order valence-corrected chi connectivity index (χ0v) is 16.8. The quantitative estimate of drug-likeness (QED) is 0.270. The Hall–Kier alpha value is -0.340. The summed E-state index contributed by atoms with van der Waals surface area (Å²) in [7, 11) is 0. The van der Waals surface area contributed by atoms with Crippen molar-refractivity contribution in [3.05, 3.63) is 12.2 Å². The fourth-order valence-electron chi connectivity index (χ4n) is 3.70. The summed E-state index contributed by atoms with van der Waals surface area (Å²) in [6.07, 6.45) is 22.1. The largest absolute Gasteiger partial charge is 0.373 e. The van der Waals surface area contributed by atoms with E-state index in [1.54, 1.807) is 0 Å². The summed E-state index contributed by atoms with van der Waals surface area (Å²) in [5, 5.41) is 0. The fourth-order valence-corrected chi connectivity index (χ4v) is 3.70. The molecule has 24 heavy (non-hydrogen) atoms. The predicted molar refractivity (Wildman–Crippen MR) is 107 cm³/mol. The van der Waals surface area contributed by atoms with E-state index in [9.17, 15) is 0 Å². The zero-order valence-electron chi connectivity index (χ0n) is 16.8. The molecular formula is C22H43NO. The van der Waals surface area contributed by atoms with Gasteiger partial charge in [0.25, 0.3) is 0 Å². The first-order valence-electron chi connectivity index (χ1n) is 10.7. The Morgan fingerprint density at radius 2 is 1.25 bits per heavy atom. The van der Waals surface area contributed by atoms with Gasteiger partial charge in [0.05, 0.1) is 12.2 Å². The summed E-state index contributed by atoms with van der Waals surface area (Å²) in [6, 6.07) is 0. The third kappa shape index (κ3) is 12.1. The normalized spacial score (nSPS) is 22.5. The SMILES string of the molecule is CCCCCC=CCCCCCCCCCN1CC(C)OC(C)C1. The van der Waals surface area contributed by atoms with Crippen molar-refractivity contribution in [2.75, 3.05) is 19.6 Å². The number of nitrogens with zero attached hydrogens (tertiary/aromatic N) is 1. The highest BCUT2D eigenvalue weighted by atomic mass is 16.5. The molecule has 0 N–H and O–H groups in total. The van der Waals surface area contributed by atoms with E-state index in [2.05, 4.69) is 37.8 Å². The van der Waals surface area contributed by atoms with Crippen LogP contribution in [0.25, 0.3) is 0 Å². The molecule has 0 aliphatic carbocycles. The molecule has 2 heteroatoms. The van der Waals surface area contributed by atoms with E-state index in [0.29, 0.717) is 12.2 Å². The molecule has 0 bridgehead atoms. The number of ether oxygens (including phenoxy) is 1. The molecule has 1 fully saturated rings. The van der Waals surface area contributed by atoms with Gasteiger partial charge in [-0.1, -0.05) is 64.0 Å². The van der Waals surface area contributed by atoms with E-state index < -0.39 is 0 Å². The number of hydrogen-bond donors (Lipinski definition) is 0. The maximum Gasteiger partial charge on any atom is 0.0678 e. The molecule has 2 atom stereocenters. The van der Waals surface area contributed by atoms with Gasteiger partial charge in [-0.05, 0) is 52.5 Å². The van der Waals surface area contributed by atoms with Gasteiger partial charge in [0.15, 0.2) is 0 Å². The molecule has 0 saturated carbocycles. The van der Waals surface area contributed by atoms with E-state index in [1.165, 1.54) is 83.6 Å². The topological polar surface area (TPSA) is 12.5 Å². The van der Waals surface area contributed by atoms with Gasteiger partial charge in [-0.2, -0.15) is 0 Å². The highest BCUT2D eigenvalue weighted by Gasteiger charge is 2.21. The van der Waals surface area contributed by atoms with Crippen molar-refractivity contribution in [1.29, 1.82) is 0 Å². The minimum absolute atomic E-state index is 0.412. The molecule has 1 aliphatic heterocycles. The lowest BCUT2D eigenvalue weighted by molar-refractivity contribution is -0.0681. The van der Waals surface area contributed by atoms with Gasteiger partial charge in [0, 0.05) is 13.1 Å². The molecular weight excluding hydrogens is 294 g/mol. The number of rotatable bonds is 14. The van der Waals surface area contributed by atoms with Gasteiger partial charge in [0.2, 0.25) is 0 Å². The van der Waals surface area contributed by atoms with E-state index >= 15 is 0 Å². The first-order chi connectivity index (χ1) is 11.7. The monoisotopic (exact) mass is 337 g/mol. The van der Waals surface area contributed by atoms with Crippen molar-refractivity contribution >= 4 is 0 Å². The third-order valence-corrected chi connectivity index (χ3v) is 4.98. The van der Waals surface area contributed by atoms with Crippen LogP contribution in [0.3, 0.4) is 0 Å². The molecule has 0 aromatic rings. The Bertz CT molecular complexity index is 292. The van der Waals surface area contributed by atoms with Crippen LogP contribution in [-0.4, -0.2) is 36.7 Å². The summed E-state index contributed by atoms with van der Waals surface area (Å²) in [5.74, 6) is 0. The van der Waals surface area contributed by atoms with Gasteiger partial charge < -0.3 is 4.74 Å². The van der Waals surface area contributed by atoms with Crippen molar-refractivity contribution in [3.8, 4) is 0 Å². The van der Waals surface area contributed by atoms with Crippen molar-refractivity contribution in [1.82, 2.24) is 4.90 Å². The summed E-state index contributed by atoms with van der Waals surface area (Å²) in [5.41, 5.74) is 0. The van der Waals surface area contributed by atoms with Gasteiger partial charge in [-0.15, -0.1) is 0 Å². The van der Waals surface area contributed by atoms with Crippen LogP contribution < -0.4 is 0 Å². The Morgan fingerprint density at radius 1 is 0.750 bits per heavy atom. The van der Waals surface area contributed by atoms with Crippen LogP contribution in [-0.2, 0) is 4.74 Å². The summed E-state index contributed by atoms with van der Waals surface area (Å²) < 4.78 is 5.79. The Kier molecular flexibility index (Phi) is 13.5. The molecule has 0 spiro atoms. The number of morpholine rings is 1. The molecule has 0 amide bonds. The molecule has 1 aliphatic rings. The second kappa shape index (κ2) is 15.0. The second-order valence-corrected chi connectivity index (χ2v) is 7.75. The van der Waals surface area contributed by atoms with Gasteiger partial charge in [0.1, 0.15) is 0 Å². The van der Waals surface area contributed by atoms with Crippen LogP contribution in [0, 0.1) is 0 Å². The molecule has 1 heterocycles. The van der Waals surface area contributed by atoms with Gasteiger partial charge in [-0.3, -0.25) is 4.90 Å². The molecule has 142 valence electrons. The van der Waals surface area contributed by atoms with E-state index in [-0.39, 0.29) is 0 Å². The van der Waals surface area contributed by atoms with Crippen LogP contribution in [0.5, 0.6) is 0 Å². The first-order valence-corrected chi connectivity index (χ1v) is 10.7. The standard InChI is InChI=1S/C22H43NO/c1-4-5-6-7-8-9-10-11-12-13-14-15-16-17-18-23-19-21(2)24-22(3)20-23/h8-9,21-22H,4-7,10-20H2,1-3H3. The summed E-state index contributed by atoms with van der Waals surface area (Å²) >= 11 is 0. The van der Waals surface area contributed by atoms with Crippen molar-refractivity contribution in [2.24, 2.45) is 0 Å². The molecule has 0 aromatic heterocycles. The Balaban J connectivity index is 1.81. The van der Waals surface area contributed by atoms with Crippen LogP contribution in [0.2, 0.25) is 0 Å². The molecule has 1 rings (SSSR count). The molecule has 2 nitrogen and oxygen atoms in total. The number of allylic oxidation sites excluding steroid dienone is 2. The number of unbranched alkanes of at least 4 members (excludes halogenated alkanes) is 10. The van der Waals surface area contributed by atoms with E-state index in [4.69, 9.17) is 4.74 Å². The lowest BCUT2D eigenvalue weighted by Gasteiger charge is -2.35. The van der Waals surface area contributed by atoms with E-state index in [1.807, 2.05) is 0 Å². The predicted octanol–water partition coefficient (Wildman–Crippen LogP) is 6.35. The third-order valence-electron chi connectivity index (χ3n) is 4.98. The first kappa shape index (κ1) is 21.7. The summed E-state index contributed by atoms with van der Waals surface area (Å²) in [6.45, 7) is 10.2. The maximum absolute atomic E-state index is 5.79. The van der Waals surface area contributed by atoms with Crippen molar-refractivity contribution < 1.29 is 4.74 Å². The minimum atomic E-state index is 0.412. The molecule has 2 unspecified atom stereocenters. The van der Waals surface area contributed by atoms with Crippen LogP contribution in [0.15, 0.2) is 12.2 Å². The fraction of sp³-hybridized carbons (Fsp3) is 0.909. The minimum Gasteiger partial charge on any atom is -0.373 e. The molecule has 1 saturated heterocycles. The average molecular weight is 338 g/mol. The Labute approximate surface area is 152 Å². The average Bonchev–Trinajstić information content (AvgIpc) is 2.54. The van der Waals surface area contributed by atoms with Crippen LogP contribution in [0.1, 0.15) is 97.8 Å². The highest BCUT2D eigenvalue weighted by molar-refractivity contribution is 4.81. The summed E-state index contributed by atoms with van der Waals surface area (Å²) in [4.78, 5) is 2.59. The van der Waals surface area contributed by atoms with Crippen molar-refractivity contribution in [3.63, 3.8) is 0 Å². The maximum atomic E-state index is 5.79. The molecule has 0 aromatic carbocycles.